The number of hydrogen-bond donors (Lipinski definition) is 1. The molecule has 4 rings (SSSR count). The van der Waals surface area contributed by atoms with Gasteiger partial charge in [-0.05, 0) is 49.7 Å². The number of amides is 1. The molecule has 1 amide bonds. The minimum Gasteiger partial charge on any atom is -0.451 e. The van der Waals surface area contributed by atoms with Crippen molar-refractivity contribution >= 4 is 22.6 Å². The summed E-state index contributed by atoms with van der Waals surface area (Å²) in [5.74, 6) is -0.437. The third kappa shape index (κ3) is 3.60. The van der Waals surface area contributed by atoms with Crippen molar-refractivity contribution in [2.75, 3.05) is 31.2 Å². The van der Waals surface area contributed by atoms with E-state index in [4.69, 9.17) is 9.15 Å². The van der Waals surface area contributed by atoms with Gasteiger partial charge in [-0.25, -0.2) is 4.39 Å². The number of benzene rings is 2. The Morgan fingerprint density at radius 1 is 1.14 bits per heavy atom. The maximum absolute atomic E-state index is 13.5. The van der Waals surface area contributed by atoms with E-state index in [1.54, 1.807) is 13.0 Å². The van der Waals surface area contributed by atoms with E-state index >= 15 is 0 Å². The van der Waals surface area contributed by atoms with Gasteiger partial charge in [0.25, 0.3) is 5.91 Å². The number of nitrogens with zero attached hydrogens (tertiary/aromatic N) is 1. The van der Waals surface area contributed by atoms with Gasteiger partial charge in [-0.15, -0.1) is 0 Å². The van der Waals surface area contributed by atoms with Crippen LogP contribution in [0.15, 0.2) is 46.9 Å². The molecule has 1 aliphatic heterocycles. The van der Waals surface area contributed by atoms with Gasteiger partial charge in [-0.3, -0.25) is 4.79 Å². The first-order chi connectivity index (χ1) is 13.5. The number of nitrogens with one attached hydrogen (secondary N) is 1. The second kappa shape index (κ2) is 7.64. The van der Waals surface area contributed by atoms with Gasteiger partial charge >= 0.3 is 0 Å². The summed E-state index contributed by atoms with van der Waals surface area (Å²) in [6, 6.07) is 12.3. The molecule has 2 heterocycles. The Morgan fingerprint density at radius 3 is 2.57 bits per heavy atom. The van der Waals surface area contributed by atoms with E-state index in [0.29, 0.717) is 16.5 Å². The molecule has 6 heteroatoms. The van der Waals surface area contributed by atoms with Crippen molar-refractivity contribution < 1.29 is 18.3 Å². The maximum atomic E-state index is 13.5. The first kappa shape index (κ1) is 18.5. The average Bonchev–Trinajstić information content (AvgIpc) is 3.05. The van der Waals surface area contributed by atoms with E-state index in [0.717, 1.165) is 37.6 Å². The van der Waals surface area contributed by atoms with Crippen molar-refractivity contribution in [2.24, 2.45) is 0 Å². The molecule has 1 aromatic heterocycles. The number of morpholine rings is 1. The number of aryl methyl sites for hydroxylation is 1. The van der Waals surface area contributed by atoms with Gasteiger partial charge in [-0.2, -0.15) is 0 Å². The quantitative estimate of drug-likeness (QED) is 0.735. The zero-order valence-electron chi connectivity index (χ0n) is 16.0. The number of furan rings is 1. The third-order valence-corrected chi connectivity index (χ3v) is 5.22. The predicted molar refractivity (Wildman–Crippen MR) is 106 cm³/mol. The number of rotatable bonds is 4. The smallest absolute Gasteiger partial charge is 0.287 e. The lowest BCUT2D eigenvalue weighted by atomic mass is 10.1. The summed E-state index contributed by atoms with van der Waals surface area (Å²) in [7, 11) is 0. The highest BCUT2D eigenvalue weighted by Gasteiger charge is 2.20. The second-order valence-corrected chi connectivity index (χ2v) is 7.08. The van der Waals surface area contributed by atoms with Crippen molar-refractivity contribution in [3.05, 3.63) is 65.2 Å². The summed E-state index contributed by atoms with van der Waals surface area (Å²) < 4.78 is 24.5. The topological polar surface area (TPSA) is 54.7 Å². The Kier molecular flexibility index (Phi) is 5.05. The van der Waals surface area contributed by atoms with Crippen molar-refractivity contribution in [1.82, 2.24) is 5.32 Å². The summed E-state index contributed by atoms with van der Waals surface area (Å²) >= 11 is 0. The molecule has 28 heavy (non-hydrogen) atoms. The fraction of sp³-hybridized carbons (Fsp3) is 0.318. The molecule has 1 N–H and O–H groups in total. The molecule has 0 bridgehead atoms. The van der Waals surface area contributed by atoms with Crippen LogP contribution >= 0.6 is 0 Å². The van der Waals surface area contributed by atoms with Gasteiger partial charge in [0.2, 0.25) is 0 Å². The van der Waals surface area contributed by atoms with E-state index in [1.807, 2.05) is 19.1 Å². The fourth-order valence-corrected chi connectivity index (χ4v) is 3.55. The van der Waals surface area contributed by atoms with Crippen LogP contribution < -0.4 is 10.2 Å². The predicted octanol–water partition coefficient (Wildman–Crippen LogP) is 4.21. The Hall–Kier alpha value is -2.86. The van der Waals surface area contributed by atoms with Crippen molar-refractivity contribution in [3.8, 4) is 0 Å². The molecule has 1 aliphatic rings. The van der Waals surface area contributed by atoms with E-state index in [1.165, 1.54) is 12.1 Å². The molecule has 3 aromatic rings. The van der Waals surface area contributed by atoms with Gasteiger partial charge in [0.15, 0.2) is 5.76 Å². The molecule has 0 aliphatic carbocycles. The van der Waals surface area contributed by atoms with Crippen LogP contribution in [0.1, 0.15) is 34.6 Å². The van der Waals surface area contributed by atoms with Crippen LogP contribution in [-0.2, 0) is 4.74 Å². The zero-order chi connectivity index (χ0) is 19.7. The highest BCUT2D eigenvalue weighted by atomic mass is 19.1. The highest BCUT2D eigenvalue weighted by Crippen LogP contribution is 2.27. The number of ether oxygens (including phenoxy) is 1. The second-order valence-electron chi connectivity index (χ2n) is 7.08. The van der Waals surface area contributed by atoms with Crippen LogP contribution in [-0.4, -0.2) is 32.2 Å². The standard InChI is InChI=1S/C22H23FN2O3/c1-14-19-13-17(23)5-8-20(19)28-21(14)22(26)24-15(2)16-3-6-18(7-4-16)25-9-11-27-12-10-25/h3-8,13,15H,9-12H2,1-2H3,(H,24,26). The van der Waals surface area contributed by atoms with Crippen LogP contribution in [0.5, 0.6) is 0 Å². The first-order valence-electron chi connectivity index (χ1n) is 9.45. The molecule has 0 radical (unpaired) electrons. The van der Waals surface area contributed by atoms with Crippen LogP contribution in [0.4, 0.5) is 10.1 Å². The third-order valence-electron chi connectivity index (χ3n) is 5.22. The zero-order valence-corrected chi connectivity index (χ0v) is 16.0. The molecule has 1 fully saturated rings. The number of fused-ring (bicyclic) bond motifs is 1. The Bertz CT molecular complexity index is 991. The van der Waals surface area contributed by atoms with Crippen molar-refractivity contribution in [1.29, 1.82) is 0 Å². The Labute approximate surface area is 163 Å². The molecule has 5 nitrogen and oxygen atoms in total. The van der Waals surface area contributed by atoms with Gasteiger partial charge < -0.3 is 19.4 Å². The van der Waals surface area contributed by atoms with E-state index in [9.17, 15) is 9.18 Å². The molecule has 1 atom stereocenters. The minimum absolute atomic E-state index is 0.185. The number of carbonyl (C=O) groups excluding carboxylic acids is 1. The van der Waals surface area contributed by atoms with E-state index < -0.39 is 0 Å². The minimum atomic E-state index is -0.350. The Balaban J connectivity index is 1.48. The summed E-state index contributed by atoms with van der Waals surface area (Å²) in [6.07, 6.45) is 0. The monoisotopic (exact) mass is 382 g/mol. The molecule has 1 saturated heterocycles. The number of carbonyl (C=O) groups is 1. The van der Waals surface area contributed by atoms with Gasteiger partial charge in [0.05, 0.1) is 19.3 Å². The molecule has 146 valence electrons. The average molecular weight is 382 g/mol. The van der Waals surface area contributed by atoms with Crippen LogP contribution in [0, 0.1) is 12.7 Å². The summed E-state index contributed by atoms with van der Waals surface area (Å²) in [5, 5.41) is 3.59. The van der Waals surface area contributed by atoms with Gasteiger partial charge in [-0.1, -0.05) is 12.1 Å². The van der Waals surface area contributed by atoms with Gasteiger partial charge in [0.1, 0.15) is 11.4 Å². The largest absolute Gasteiger partial charge is 0.451 e. The molecule has 0 saturated carbocycles. The lowest BCUT2D eigenvalue weighted by Gasteiger charge is -2.29. The molecule has 2 aromatic carbocycles. The van der Waals surface area contributed by atoms with Crippen LogP contribution in [0.25, 0.3) is 11.0 Å². The molecular weight excluding hydrogens is 359 g/mol. The lowest BCUT2D eigenvalue weighted by molar-refractivity contribution is 0.0913. The van der Waals surface area contributed by atoms with Crippen LogP contribution in [0.2, 0.25) is 0 Å². The lowest BCUT2D eigenvalue weighted by Crippen LogP contribution is -2.36. The summed E-state index contributed by atoms with van der Waals surface area (Å²) in [4.78, 5) is 15.0. The van der Waals surface area contributed by atoms with Crippen LogP contribution in [0.3, 0.4) is 0 Å². The highest BCUT2D eigenvalue weighted by molar-refractivity contribution is 5.99. The molecular formula is C22H23FN2O3. The summed E-state index contributed by atoms with van der Waals surface area (Å²) in [5.41, 5.74) is 3.30. The Morgan fingerprint density at radius 2 is 1.86 bits per heavy atom. The van der Waals surface area contributed by atoms with Crippen molar-refractivity contribution in [3.63, 3.8) is 0 Å². The maximum Gasteiger partial charge on any atom is 0.287 e. The van der Waals surface area contributed by atoms with Gasteiger partial charge in [0, 0.05) is 29.7 Å². The van der Waals surface area contributed by atoms with Crippen molar-refractivity contribution in [2.45, 2.75) is 19.9 Å². The number of anilines is 1. The normalized spacial score (nSPS) is 15.6. The first-order valence-corrected chi connectivity index (χ1v) is 9.45. The molecule has 0 spiro atoms. The van der Waals surface area contributed by atoms with E-state index in [-0.39, 0.29) is 23.5 Å². The SMILES string of the molecule is Cc1c(C(=O)NC(C)c2ccc(N3CCOCC3)cc2)oc2ccc(F)cc12. The molecule has 1 unspecified atom stereocenters. The van der Waals surface area contributed by atoms with E-state index in [2.05, 4.69) is 22.3 Å². The number of hydrogen-bond acceptors (Lipinski definition) is 4. The number of halogens is 1. The fourth-order valence-electron chi connectivity index (χ4n) is 3.55. The summed E-state index contributed by atoms with van der Waals surface area (Å²) in [6.45, 7) is 6.96.